The Bertz CT molecular complexity index is 1460. The van der Waals surface area contributed by atoms with Crippen LogP contribution in [0.4, 0.5) is 5.69 Å². The van der Waals surface area contributed by atoms with Gasteiger partial charge in [0.1, 0.15) is 11.2 Å². The second kappa shape index (κ2) is 4.91. The number of furan rings is 2. The molecular formula is C25H18N2O2. The highest BCUT2D eigenvalue weighted by Gasteiger charge is 2.57. The summed E-state index contributed by atoms with van der Waals surface area (Å²) in [5, 5.41) is 4.14. The van der Waals surface area contributed by atoms with Gasteiger partial charge in [0.15, 0.2) is 11.5 Å². The fraction of sp³-hybridized carbons (Fsp3) is 0.120. The maximum atomic E-state index is 6.83. The van der Waals surface area contributed by atoms with Crippen molar-refractivity contribution >= 4 is 27.6 Å². The van der Waals surface area contributed by atoms with Gasteiger partial charge in [-0.3, -0.25) is 5.01 Å². The fourth-order valence-corrected chi connectivity index (χ4v) is 5.57. The third-order valence-electron chi connectivity index (χ3n) is 6.80. The molecule has 1 aliphatic heterocycles. The summed E-state index contributed by atoms with van der Waals surface area (Å²) in [5.41, 5.74) is 5.79. The summed E-state index contributed by atoms with van der Waals surface area (Å²) in [6.45, 7) is 2.23. The lowest BCUT2D eigenvalue weighted by Gasteiger charge is -2.40. The zero-order valence-electron chi connectivity index (χ0n) is 15.8. The minimum absolute atomic E-state index is 0.0517. The normalized spacial score (nSPS) is 21.9. The second-order valence-electron chi connectivity index (χ2n) is 8.15. The molecule has 3 aromatic carbocycles. The Balaban J connectivity index is 1.72. The zero-order valence-corrected chi connectivity index (χ0v) is 15.8. The number of nitrogens with zero attached hydrogens (tertiary/aromatic N) is 1. The summed E-state index contributed by atoms with van der Waals surface area (Å²) >= 11 is 0. The Kier molecular flexibility index (Phi) is 2.61. The SMILES string of the molecule is CC12c3c(oc4ccccc34)-c3oc4ccccc4c3C1c1ccccc1N2N. The Morgan fingerprint density at radius 2 is 1.41 bits per heavy atom. The van der Waals surface area contributed by atoms with Crippen LogP contribution in [0.1, 0.15) is 29.5 Å². The van der Waals surface area contributed by atoms with Crippen molar-refractivity contribution in [2.45, 2.75) is 18.4 Å². The molecule has 2 unspecified atom stereocenters. The highest BCUT2D eigenvalue weighted by atomic mass is 16.4. The van der Waals surface area contributed by atoms with Crippen LogP contribution in [0.3, 0.4) is 0 Å². The lowest BCUT2D eigenvalue weighted by molar-refractivity contribution is 0.406. The van der Waals surface area contributed by atoms with Crippen molar-refractivity contribution in [3.8, 4) is 11.5 Å². The maximum absolute atomic E-state index is 6.83. The van der Waals surface area contributed by atoms with E-state index < -0.39 is 5.54 Å². The summed E-state index contributed by atoms with van der Waals surface area (Å²) in [6.07, 6.45) is 0. The number of hydrazine groups is 1. The summed E-state index contributed by atoms with van der Waals surface area (Å²) in [5.74, 6) is 8.50. The highest BCUT2D eigenvalue weighted by molar-refractivity contribution is 5.98. The maximum Gasteiger partial charge on any atom is 0.176 e. The van der Waals surface area contributed by atoms with Crippen LogP contribution in [-0.2, 0) is 5.54 Å². The third kappa shape index (κ3) is 1.62. The fourth-order valence-electron chi connectivity index (χ4n) is 5.57. The molecule has 7 rings (SSSR count). The first kappa shape index (κ1) is 15.4. The molecule has 0 fully saturated rings. The lowest BCUT2D eigenvalue weighted by atomic mass is 9.69. The molecule has 3 heterocycles. The van der Waals surface area contributed by atoms with Crippen molar-refractivity contribution in [2.24, 2.45) is 5.84 Å². The Morgan fingerprint density at radius 1 is 0.793 bits per heavy atom. The first-order chi connectivity index (χ1) is 14.2. The molecule has 2 aliphatic rings. The average Bonchev–Trinajstić information content (AvgIpc) is 3.38. The quantitative estimate of drug-likeness (QED) is 0.341. The number of fused-ring (bicyclic) bond motifs is 12. The van der Waals surface area contributed by atoms with E-state index in [1.807, 2.05) is 41.4 Å². The van der Waals surface area contributed by atoms with Gasteiger partial charge in [0.25, 0.3) is 0 Å². The van der Waals surface area contributed by atoms with Crippen LogP contribution in [0, 0.1) is 0 Å². The Hall–Kier alpha value is -3.50. The topological polar surface area (TPSA) is 55.5 Å². The zero-order chi connectivity index (χ0) is 19.3. The van der Waals surface area contributed by atoms with Gasteiger partial charge in [-0.2, -0.15) is 0 Å². The van der Waals surface area contributed by atoms with E-state index in [2.05, 4.69) is 43.3 Å². The molecule has 2 N–H and O–H groups in total. The van der Waals surface area contributed by atoms with Crippen molar-refractivity contribution in [1.82, 2.24) is 0 Å². The van der Waals surface area contributed by atoms with Gasteiger partial charge in [0.2, 0.25) is 0 Å². The number of anilines is 1. The van der Waals surface area contributed by atoms with Crippen molar-refractivity contribution in [3.63, 3.8) is 0 Å². The monoisotopic (exact) mass is 378 g/mol. The first-order valence-electron chi connectivity index (χ1n) is 9.87. The van der Waals surface area contributed by atoms with Crippen LogP contribution in [0.25, 0.3) is 33.5 Å². The largest absolute Gasteiger partial charge is 0.452 e. The molecule has 0 saturated carbocycles. The molecule has 0 spiro atoms. The smallest absolute Gasteiger partial charge is 0.176 e. The third-order valence-corrected chi connectivity index (χ3v) is 6.80. The number of hydrogen-bond donors (Lipinski definition) is 1. The Labute approximate surface area is 167 Å². The summed E-state index contributed by atoms with van der Waals surface area (Å²) in [4.78, 5) is 0. The molecule has 0 radical (unpaired) electrons. The predicted molar refractivity (Wildman–Crippen MR) is 114 cm³/mol. The van der Waals surface area contributed by atoms with E-state index in [4.69, 9.17) is 14.7 Å². The molecule has 5 aromatic rings. The average molecular weight is 378 g/mol. The standard InChI is InChI=1S/C25H18N2O2/c1-25-21(14-8-2-5-11-17(14)27(25)26)20-15-9-3-6-12-18(15)28-23(20)24-22(25)16-10-4-7-13-19(16)29-24/h2-13,21H,26H2,1H3. The van der Waals surface area contributed by atoms with Gasteiger partial charge in [0.05, 0.1) is 11.2 Å². The molecule has 2 aromatic heterocycles. The molecule has 0 saturated heterocycles. The summed E-state index contributed by atoms with van der Waals surface area (Å²) < 4.78 is 12.8. The molecule has 0 amide bonds. The molecule has 1 aliphatic carbocycles. The molecule has 29 heavy (non-hydrogen) atoms. The minimum Gasteiger partial charge on any atom is -0.452 e. The molecule has 2 atom stereocenters. The predicted octanol–water partition coefficient (Wildman–Crippen LogP) is 5.90. The van der Waals surface area contributed by atoms with Crippen LogP contribution in [-0.4, -0.2) is 0 Å². The van der Waals surface area contributed by atoms with Crippen LogP contribution in [0.15, 0.2) is 81.6 Å². The number of benzene rings is 3. The van der Waals surface area contributed by atoms with E-state index in [0.29, 0.717) is 0 Å². The molecular weight excluding hydrogens is 360 g/mol. The lowest BCUT2D eigenvalue weighted by Crippen LogP contribution is -2.49. The second-order valence-corrected chi connectivity index (χ2v) is 8.15. The van der Waals surface area contributed by atoms with Crippen molar-refractivity contribution in [3.05, 3.63) is 89.5 Å². The highest BCUT2D eigenvalue weighted by Crippen LogP contribution is 2.63. The molecule has 0 bridgehead atoms. The van der Waals surface area contributed by atoms with E-state index in [1.54, 1.807) is 0 Å². The van der Waals surface area contributed by atoms with Gasteiger partial charge in [0, 0.05) is 27.8 Å². The summed E-state index contributed by atoms with van der Waals surface area (Å²) in [7, 11) is 0. The van der Waals surface area contributed by atoms with Crippen molar-refractivity contribution in [1.29, 1.82) is 0 Å². The molecule has 140 valence electrons. The van der Waals surface area contributed by atoms with Gasteiger partial charge < -0.3 is 8.83 Å². The van der Waals surface area contributed by atoms with E-state index in [0.717, 1.165) is 50.3 Å². The van der Waals surface area contributed by atoms with Crippen molar-refractivity contribution in [2.75, 3.05) is 5.01 Å². The number of hydrogen-bond acceptors (Lipinski definition) is 4. The van der Waals surface area contributed by atoms with Crippen LogP contribution >= 0.6 is 0 Å². The van der Waals surface area contributed by atoms with E-state index in [-0.39, 0.29) is 5.92 Å². The minimum atomic E-state index is -0.481. The van der Waals surface area contributed by atoms with Crippen molar-refractivity contribution < 1.29 is 8.83 Å². The molecule has 4 nitrogen and oxygen atoms in total. The van der Waals surface area contributed by atoms with E-state index in [9.17, 15) is 0 Å². The first-order valence-corrected chi connectivity index (χ1v) is 9.87. The van der Waals surface area contributed by atoms with E-state index in [1.165, 1.54) is 5.56 Å². The number of rotatable bonds is 0. The van der Waals surface area contributed by atoms with Gasteiger partial charge in [-0.05, 0) is 30.7 Å². The molecule has 4 heteroatoms. The van der Waals surface area contributed by atoms with Gasteiger partial charge in [-0.1, -0.05) is 54.6 Å². The van der Waals surface area contributed by atoms with Crippen LogP contribution in [0.5, 0.6) is 0 Å². The Morgan fingerprint density at radius 3 is 2.24 bits per heavy atom. The summed E-state index contributed by atoms with van der Waals surface area (Å²) in [6, 6.07) is 24.8. The van der Waals surface area contributed by atoms with Crippen LogP contribution < -0.4 is 10.9 Å². The number of nitrogens with two attached hydrogens (primary N) is 1. The number of para-hydroxylation sites is 3. The van der Waals surface area contributed by atoms with Crippen LogP contribution in [0.2, 0.25) is 0 Å². The van der Waals surface area contributed by atoms with Gasteiger partial charge in [-0.15, -0.1) is 0 Å². The van der Waals surface area contributed by atoms with E-state index >= 15 is 0 Å². The van der Waals surface area contributed by atoms with Gasteiger partial charge in [-0.25, -0.2) is 5.84 Å². The van der Waals surface area contributed by atoms with Gasteiger partial charge >= 0.3 is 0 Å².